The fraction of sp³-hybridized carbons (Fsp3) is 0.400. The molecule has 1 N–H and O–H groups in total. The van der Waals surface area contributed by atoms with Crippen molar-refractivity contribution in [2.75, 3.05) is 20.2 Å². The molecule has 0 saturated heterocycles. The maximum Gasteiger partial charge on any atom is 0.246 e. The van der Waals surface area contributed by atoms with E-state index in [0.29, 0.717) is 0 Å². The zero-order valence-electron chi connectivity index (χ0n) is 11.2. The molecule has 19 heavy (non-hydrogen) atoms. The predicted octanol–water partition coefficient (Wildman–Crippen LogP) is 3.08. The number of likely N-dealkylation sites (N-methyl/N-ethyl adjacent to an activating group) is 1. The first-order valence-corrected chi connectivity index (χ1v) is 7.22. The number of hydrogen-bond acceptors (Lipinski definition) is 2. The number of unbranched alkanes of at least 4 members (excludes halogenated alkanes) is 2. The molecule has 1 aromatic carbocycles. The molecule has 0 aliphatic heterocycles. The van der Waals surface area contributed by atoms with E-state index in [1.807, 2.05) is 30.3 Å². The summed E-state index contributed by atoms with van der Waals surface area (Å²) in [6, 6.07) is 7.80. The second kappa shape index (κ2) is 8.88. The van der Waals surface area contributed by atoms with Gasteiger partial charge in [0.2, 0.25) is 5.91 Å². The Morgan fingerprint density at radius 2 is 1.95 bits per heavy atom. The fourth-order valence-electron chi connectivity index (χ4n) is 1.62. The third kappa shape index (κ3) is 6.55. The summed E-state index contributed by atoms with van der Waals surface area (Å²) in [5.74, 6) is 0.00640. The Labute approximate surface area is 123 Å². The minimum atomic E-state index is 0.00640. The average Bonchev–Trinajstić information content (AvgIpc) is 2.42. The molecule has 0 aliphatic carbocycles. The summed E-state index contributed by atoms with van der Waals surface area (Å²) in [5, 5.41) is 8.68. The number of aliphatic hydroxyl groups is 1. The molecule has 1 rings (SSSR count). The number of carbonyl (C=O) groups is 1. The van der Waals surface area contributed by atoms with Crippen LogP contribution in [0.2, 0.25) is 0 Å². The summed E-state index contributed by atoms with van der Waals surface area (Å²) in [7, 11) is 1.80. The summed E-state index contributed by atoms with van der Waals surface area (Å²) < 4.78 is 1.02. The van der Waals surface area contributed by atoms with Gasteiger partial charge in [-0.2, -0.15) is 0 Å². The Bertz CT molecular complexity index is 415. The van der Waals surface area contributed by atoms with Crippen molar-refractivity contribution in [3.63, 3.8) is 0 Å². The SMILES string of the molecule is CN(CCCCCO)C(=O)/C=C/c1ccc(Br)cc1. The quantitative estimate of drug-likeness (QED) is 0.618. The molecular weight excluding hydrogens is 306 g/mol. The maximum absolute atomic E-state index is 11.8. The van der Waals surface area contributed by atoms with Crippen molar-refractivity contribution >= 4 is 27.9 Å². The lowest BCUT2D eigenvalue weighted by atomic mass is 10.2. The molecule has 0 aliphatic rings. The number of amides is 1. The van der Waals surface area contributed by atoms with Gasteiger partial charge in [0.25, 0.3) is 0 Å². The third-order valence-electron chi connectivity index (χ3n) is 2.82. The van der Waals surface area contributed by atoms with E-state index < -0.39 is 0 Å². The number of nitrogens with zero attached hydrogens (tertiary/aromatic N) is 1. The number of halogens is 1. The number of benzene rings is 1. The molecular formula is C15H20BrNO2. The standard InChI is InChI=1S/C15H20BrNO2/c1-17(11-3-2-4-12-18)15(19)10-7-13-5-8-14(16)9-6-13/h5-10,18H,2-4,11-12H2,1H3/b10-7+. The largest absolute Gasteiger partial charge is 0.396 e. The molecule has 3 nitrogen and oxygen atoms in total. The predicted molar refractivity (Wildman–Crippen MR) is 81.7 cm³/mol. The van der Waals surface area contributed by atoms with E-state index in [-0.39, 0.29) is 12.5 Å². The summed E-state index contributed by atoms with van der Waals surface area (Å²) in [6.07, 6.45) is 6.09. The van der Waals surface area contributed by atoms with Crippen molar-refractivity contribution in [3.05, 3.63) is 40.4 Å². The molecule has 1 aromatic rings. The van der Waals surface area contributed by atoms with Gasteiger partial charge in [-0.15, -0.1) is 0 Å². The van der Waals surface area contributed by atoms with Crippen LogP contribution in [0.25, 0.3) is 6.08 Å². The molecule has 0 saturated carbocycles. The van der Waals surface area contributed by atoms with Crippen molar-refractivity contribution in [2.45, 2.75) is 19.3 Å². The van der Waals surface area contributed by atoms with Crippen molar-refractivity contribution in [1.82, 2.24) is 4.90 Å². The Morgan fingerprint density at radius 1 is 1.26 bits per heavy atom. The van der Waals surface area contributed by atoms with E-state index in [2.05, 4.69) is 15.9 Å². The molecule has 0 aromatic heterocycles. The van der Waals surface area contributed by atoms with Crippen LogP contribution in [0.1, 0.15) is 24.8 Å². The zero-order chi connectivity index (χ0) is 14.1. The Balaban J connectivity index is 2.38. The van der Waals surface area contributed by atoms with Crippen LogP contribution in [0.3, 0.4) is 0 Å². The molecule has 4 heteroatoms. The highest BCUT2D eigenvalue weighted by Gasteiger charge is 2.03. The van der Waals surface area contributed by atoms with E-state index in [9.17, 15) is 4.79 Å². The van der Waals surface area contributed by atoms with Gasteiger partial charge in [-0.25, -0.2) is 0 Å². The molecule has 0 bridgehead atoms. The summed E-state index contributed by atoms with van der Waals surface area (Å²) >= 11 is 3.37. The van der Waals surface area contributed by atoms with Crippen LogP contribution in [-0.2, 0) is 4.79 Å². The second-order valence-electron chi connectivity index (χ2n) is 4.43. The van der Waals surface area contributed by atoms with Gasteiger partial charge in [0, 0.05) is 30.7 Å². The van der Waals surface area contributed by atoms with E-state index in [0.717, 1.165) is 35.8 Å². The number of rotatable bonds is 7. The van der Waals surface area contributed by atoms with Crippen LogP contribution in [0.5, 0.6) is 0 Å². The fourth-order valence-corrected chi connectivity index (χ4v) is 1.88. The highest BCUT2D eigenvalue weighted by atomic mass is 79.9. The van der Waals surface area contributed by atoms with Crippen LogP contribution in [0.15, 0.2) is 34.8 Å². The number of hydrogen-bond donors (Lipinski definition) is 1. The van der Waals surface area contributed by atoms with Crippen molar-refractivity contribution in [1.29, 1.82) is 0 Å². The van der Waals surface area contributed by atoms with Crippen molar-refractivity contribution in [2.24, 2.45) is 0 Å². The topological polar surface area (TPSA) is 40.5 Å². The molecule has 0 fully saturated rings. The van der Waals surface area contributed by atoms with Crippen LogP contribution >= 0.6 is 15.9 Å². The first-order valence-electron chi connectivity index (χ1n) is 6.43. The van der Waals surface area contributed by atoms with Gasteiger partial charge in [0.15, 0.2) is 0 Å². The van der Waals surface area contributed by atoms with E-state index >= 15 is 0 Å². The number of carbonyl (C=O) groups excluding carboxylic acids is 1. The molecule has 0 unspecified atom stereocenters. The van der Waals surface area contributed by atoms with Gasteiger partial charge < -0.3 is 10.0 Å². The van der Waals surface area contributed by atoms with E-state index in [1.165, 1.54) is 0 Å². The van der Waals surface area contributed by atoms with Gasteiger partial charge >= 0.3 is 0 Å². The molecule has 0 spiro atoms. The monoisotopic (exact) mass is 325 g/mol. The van der Waals surface area contributed by atoms with Gasteiger partial charge in [0.05, 0.1) is 0 Å². The first-order chi connectivity index (χ1) is 9.13. The minimum absolute atomic E-state index is 0.00640. The lowest BCUT2D eigenvalue weighted by molar-refractivity contribution is -0.124. The highest BCUT2D eigenvalue weighted by molar-refractivity contribution is 9.10. The molecule has 104 valence electrons. The van der Waals surface area contributed by atoms with Gasteiger partial charge in [-0.3, -0.25) is 4.79 Å². The lowest BCUT2D eigenvalue weighted by Gasteiger charge is -2.14. The summed E-state index contributed by atoms with van der Waals surface area (Å²) in [4.78, 5) is 13.5. The minimum Gasteiger partial charge on any atom is -0.396 e. The molecule has 0 atom stereocenters. The smallest absolute Gasteiger partial charge is 0.246 e. The number of aliphatic hydroxyl groups excluding tert-OH is 1. The Kier molecular flexibility index (Phi) is 7.45. The normalized spacial score (nSPS) is 10.9. The second-order valence-corrected chi connectivity index (χ2v) is 5.34. The zero-order valence-corrected chi connectivity index (χ0v) is 12.8. The summed E-state index contributed by atoms with van der Waals surface area (Å²) in [5.41, 5.74) is 1.00. The van der Waals surface area contributed by atoms with Crippen LogP contribution < -0.4 is 0 Å². The van der Waals surface area contributed by atoms with Crippen molar-refractivity contribution in [3.8, 4) is 0 Å². The molecule has 1 amide bonds. The summed E-state index contributed by atoms with van der Waals surface area (Å²) in [6.45, 7) is 0.949. The van der Waals surface area contributed by atoms with Crippen LogP contribution in [0.4, 0.5) is 0 Å². The first kappa shape index (κ1) is 15.9. The Hall–Kier alpha value is -1.13. The molecule has 0 radical (unpaired) electrons. The third-order valence-corrected chi connectivity index (χ3v) is 3.34. The van der Waals surface area contributed by atoms with Crippen molar-refractivity contribution < 1.29 is 9.90 Å². The Morgan fingerprint density at radius 3 is 2.58 bits per heavy atom. The molecule has 0 heterocycles. The van der Waals surface area contributed by atoms with E-state index in [1.54, 1.807) is 18.0 Å². The van der Waals surface area contributed by atoms with Gasteiger partial charge in [-0.05, 0) is 43.0 Å². The highest BCUT2D eigenvalue weighted by Crippen LogP contribution is 2.11. The lowest BCUT2D eigenvalue weighted by Crippen LogP contribution is -2.25. The van der Waals surface area contributed by atoms with Gasteiger partial charge in [0.1, 0.15) is 0 Å². The van der Waals surface area contributed by atoms with Crippen LogP contribution in [-0.4, -0.2) is 36.1 Å². The van der Waals surface area contributed by atoms with Crippen LogP contribution in [0, 0.1) is 0 Å². The average molecular weight is 326 g/mol. The van der Waals surface area contributed by atoms with E-state index in [4.69, 9.17) is 5.11 Å². The van der Waals surface area contributed by atoms with Gasteiger partial charge in [-0.1, -0.05) is 28.1 Å². The maximum atomic E-state index is 11.8.